The van der Waals surface area contributed by atoms with E-state index in [0.717, 1.165) is 11.8 Å². The van der Waals surface area contributed by atoms with E-state index in [-0.39, 0.29) is 23.8 Å². The van der Waals surface area contributed by atoms with Gasteiger partial charge in [-0.25, -0.2) is 12.8 Å². The summed E-state index contributed by atoms with van der Waals surface area (Å²) in [6.07, 6.45) is 1.68. The van der Waals surface area contributed by atoms with Crippen molar-refractivity contribution in [2.45, 2.75) is 32.1 Å². The lowest BCUT2D eigenvalue weighted by molar-refractivity contribution is -0.123. The maximum atomic E-state index is 12.9. The summed E-state index contributed by atoms with van der Waals surface area (Å²) in [5, 5.41) is 0. The number of carbonyl (C=O) groups excluding carboxylic acids is 1. The minimum Gasteiger partial charge on any atom is -0.299 e. The first-order valence-corrected chi connectivity index (χ1v) is 8.16. The van der Waals surface area contributed by atoms with Gasteiger partial charge in [-0.1, -0.05) is 12.1 Å². The van der Waals surface area contributed by atoms with Gasteiger partial charge in [-0.2, -0.15) is 0 Å². The van der Waals surface area contributed by atoms with Crippen LogP contribution in [0.5, 0.6) is 0 Å². The molecule has 0 heterocycles. The van der Waals surface area contributed by atoms with Crippen LogP contribution in [0.3, 0.4) is 0 Å². The van der Waals surface area contributed by atoms with Gasteiger partial charge in [-0.3, -0.25) is 4.79 Å². The molecule has 0 N–H and O–H groups in total. The van der Waals surface area contributed by atoms with Crippen molar-refractivity contribution in [3.8, 4) is 0 Å². The SMILES string of the molecule is CC(C)(C(=O)CCCS(C)(=O)=O)c1ccc(F)cc1. The predicted octanol–water partition coefficient (Wildman–Crippen LogP) is 2.50. The van der Waals surface area contributed by atoms with Crippen molar-refractivity contribution < 1.29 is 17.6 Å². The molecule has 0 spiro atoms. The van der Waals surface area contributed by atoms with Gasteiger partial charge >= 0.3 is 0 Å². The fraction of sp³-hybridized carbons (Fsp3) is 0.500. The van der Waals surface area contributed by atoms with E-state index in [1.807, 2.05) is 0 Å². The Morgan fingerprint density at radius 1 is 1.21 bits per heavy atom. The van der Waals surface area contributed by atoms with Crippen molar-refractivity contribution in [1.82, 2.24) is 0 Å². The number of ketones is 1. The van der Waals surface area contributed by atoms with Crippen molar-refractivity contribution in [2.75, 3.05) is 12.0 Å². The van der Waals surface area contributed by atoms with Crippen LogP contribution in [0.2, 0.25) is 0 Å². The van der Waals surface area contributed by atoms with E-state index < -0.39 is 15.3 Å². The number of sulfone groups is 1. The summed E-state index contributed by atoms with van der Waals surface area (Å²) in [5.41, 5.74) is 0.00355. The summed E-state index contributed by atoms with van der Waals surface area (Å²) < 4.78 is 34.9. The molecular weight excluding hydrogens is 267 g/mol. The molecule has 0 fully saturated rings. The molecule has 0 aliphatic heterocycles. The zero-order valence-electron chi connectivity index (χ0n) is 11.4. The molecule has 19 heavy (non-hydrogen) atoms. The molecule has 1 aromatic rings. The fourth-order valence-electron chi connectivity index (χ4n) is 1.83. The van der Waals surface area contributed by atoms with E-state index in [4.69, 9.17) is 0 Å². The van der Waals surface area contributed by atoms with Crippen molar-refractivity contribution in [2.24, 2.45) is 0 Å². The molecule has 5 heteroatoms. The van der Waals surface area contributed by atoms with Crippen LogP contribution in [-0.2, 0) is 20.0 Å². The van der Waals surface area contributed by atoms with E-state index in [9.17, 15) is 17.6 Å². The van der Waals surface area contributed by atoms with Gasteiger partial charge in [-0.05, 0) is 38.0 Å². The van der Waals surface area contributed by atoms with E-state index in [1.165, 1.54) is 12.1 Å². The third-order valence-corrected chi connectivity index (χ3v) is 4.21. The van der Waals surface area contributed by atoms with E-state index in [2.05, 4.69) is 0 Å². The Hall–Kier alpha value is -1.23. The molecule has 0 radical (unpaired) electrons. The lowest BCUT2D eigenvalue weighted by atomic mass is 9.79. The highest BCUT2D eigenvalue weighted by Crippen LogP contribution is 2.26. The normalized spacial score (nSPS) is 12.4. The number of rotatable bonds is 6. The van der Waals surface area contributed by atoms with Crippen molar-refractivity contribution in [3.63, 3.8) is 0 Å². The number of Topliss-reactive ketones (excluding diaryl/α,β-unsaturated/α-hetero) is 1. The Labute approximate surface area is 113 Å². The second-order valence-corrected chi connectivity index (χ2v) is 7.55. The molecule has 0 aliphatic carbocycles. The summed E-state index contributed by atoms with van der Waals surface area (Å²) >= 11 is 0. The van der Waals surface area contributed by atoms with Gasteiger partial charge in [0, 0.05) is 18.1 Å². The van der Waals surface area contributed by atoms with Crippen LogP contribution in [-0.4, -0.2) is 26.2 Å². The molecular formula is C14H19FO3S. The molecule has 3 nitrogen and oxygen atoms in total. The first kappa shape index (κ1) is 15.8. The molecule has 106 valence electrons. The molecule has 0 saturated heterocycles. The molecule has 0 aliphatic rings. The van der Waals surface area contributed by atoms with E-state index >= 15 is 0 Å². The van der Waals surface area contributed by atoms with Gasteiger partial charge in [0.2, 0.25) is 0 Å². The average molecular weight is 286 g/mol. The molecule has 0 unspecified atom stereocenters. The van der Waals surface area contributed by atoms with Crippen LogP contribution >= 0.6 is 0 Å². The van der Waals surface area contributed by atoms with Crippen LogP contribution < -0.4 is 0 Å². The minimum absolute atomic E-state index is 0.0121. The maximum Gasteiger partial charge on any atom is 0.147 e. The largest absolute Gasteiger partial charge is 0.299 e. The summed E-state index contributed by atoms with van der Waals surface area (Å²) in [4.78, 5) is 12.1. The molecule has 0 amide bonds. The third kappa shape index (κ3) is 4.74. The first-order valence-electron chi connectivity index (χ1n) is 6.10. The van der Waals surface area contributed by atoms with Crippen molar-refractivity contribution in [1.29, 1.82) is 0 Å². The highest BCUT2D eigenvalue weighted by molar-refractivity contribution is 7.90. The topological polar surface area (TPSA) is 51.2 Å². The first-order chi connectivity index (χ1) is 8.63. The van der Waals surface area contributed by atoms with Crippen LogP contribution in [0, 0.1) is 5.82 Å². The summed E-state index contributed by atoms with van der Waals surface area (Å²) in [7, 11) is -3.04. The van der Waals surface area contributed by atoms with Crippen LogP contribution in [0.4, 0.5) is 4.39 Å². The molecule has 0 bridgehead atoms. The number of hydrogen-bond acceptors (Lipinski definition) is 3. The Morgan fingerprint density at radius 2 is 1.74 bits per heavy atom. The lowest BCUT2D eigenvalue weighted by Crippen LogP contribution is -2.29. The van der Waals surface area contributed by atoms with Crippen LogP contribution in [0.25, 0.3) is 0 Å². The number of halogens is 1. The zero-order valence-corrected chi connectivity index (χ0v) is 12.3. The van der Waals surface area contributed by atoms with Gasteiger partial charge in [0.15, 0.2) is 0 Å². The quantitative estimate of drug-likeness (QED) is 0.807. The zero-order chi connectivity index (χ0) is 14.7. The smallest absolute Gasteiger partial charge is 0.147 e. The van der Waals surface area contributed by atoms with Crippen LogP contribution in [0.15, 0.2) is 24.3 Å². The van der Waals surface area contributed by atoms with Gasteiger partial charge in [0.05, 0.1) is 5.75 Å². The molecule has 0 saturated carbocycles. The summed E-state index contributed by atoms with van der Waals surface area (Å²) in [5.74, 6) is -0.370. The third-order valence-electron chi connectivity index (χ3n) is 3.18. The molecule has 0 atom stereocenters. The van der Waals surface area contributed by atoms with Gasteiger partial charge in [-0.15, -0.1) is 0 Å². The number of carbonyl (C=O) groups is 1. The highest BCUT2D eigenvalue weighted by atomic mass is 32.2. The Bertz CT molecular complexity index is 545. The minimum atomic E-state index is -3.04. The monoisotopic (exact) mass is 286 g/mol. The standard InChI is InChI=1S/C14H19FO3S/c1-14(2,11-6-8-12(15)9-7-11)13(16)5-4-10-19(3,17)18/h6-9H,4-5,10H2,1-3H3. The van der Waals surface area contributed by atoms with Crippen molar-refractivity contribution >= 4 is 15.6 Å². The summed E-state index contributed by atoms with van der Waals surface area (Å²) in [6, 6.07) is 5.81. The second-order valence-electron chi connectivity index (χ2n) is 5.29. The Kier molecular flexibility index (Phi) is 4.85. The maximum absolute atomic E-state index is 12.9. The van der Waals surface area contributed by atoms with Gasteiger partial charge < -0.3 is 0 Å². The fourth-order valence-corrected chi connectivity index (χ4v) is 2.50. The molecule has 0 aromatic heterocycles. The average Bonchev–Trinajstić information content (AvgIpc) is 2.27. The van der Waals surface area contributed by atoms with E-state index in [1.54, 1.807) is 26.0 Å². The Morgan fingerprint density at radius 3 is 2.21 bits per heavy atom. The number of hydrogen-bond donors (Lipinski definition) is 0. The Balaban J connectivity index is 2.71. The number of benzene rings is 1. The van der Waals surface area contributed by atoms with E-state index in [0.29, 0.717) is 6.42 Å². The highest BCUT2D eigenvalue weighted by Gasteiger charge is 2.29. The van der Waals surface area contributed by atoms with Gasteiger partial charge in [0.1, 0.15) is 21.4 Å². The van der Waals surface area contributed by atoms with Gasteiger partial charge in [0.25, 0.3) is 0 Å². The van der Waals surface area contributed by atoms with Crippen molar-refractivity contribution in [3.05, 3.63) is 35.6 Å². The second kappa shape index (κ2) is 5.82. The molecule has 1 rings (SSSR count). The predicted molar refractivity (Wildman–Crippen MR) is 73.4 cm³/mol. The van der Waals surface area contributed by atoms with Crippen LogP contribution in [0.1, 0.15) is 32.3 Å². The molecule has 1 aromatic carbocycles. The summed E-state index contributed by atoms with van der Waals surface area (Å²) in [6.45, 7) is 3.53. The lowest BCUT2D eigenvalue weighted by Gasteiger charge is -2.23.